The highest BCUT2D eigenvalue weighted by atomic mass is 16.5. The third kappa shape index (κ3) is 4.35. The molecular weight excluding hydrogens is 304 g/mol. The summed E-state index contributed by atoms with van der Waals surface area (Å²) in [6.45, 7) is 3.70. The highest BCUT2D eigenvalue weighted by Gasteiger charge is 2.17. The lowest BCUT2D eigenvalue weighted by Gasteiger charge is -2.22. The molecule has 0 radical (unpaired) electrons. The molecule has 0 bridgehead atoms. The molecule has 2 aromatic rings. The van der Waals surface area contributed by atoms with E-state index in [-0.39, 0.29) is 18.4 Å². The summed E-state index contributed by atoms with van der Waals surface area (Å²) >= 11 is 0. The number of carbonyl (C=O) groups excluding carboxylic acids is 2. The van der Waals surface area contributed by atoms with Gasteiger partial charge in [0.05, 0.1) is 7.11 Å². The van der Waals surface area contributed by atoms with Crippen molar-refractivity contribution in [1.82, 2.24) is 5.32 Å². The van der Waals surface area contributed by atoms with E-state index in [1.807, 2.05) is 55.5 Å². The van der Waals surface area contributed by atoms with Gasteiger partial charge in [0.2, 0.25) is 11.8 Å². The molecular formula is C19H22N2O3. The summed E-state index contributed by atoms with van der Waals surface area (Å²) < 4.78 is 5.27. The predicted octanol–water partition coefficient (Wildman–Crippen LogP) is 2.67. The number of nitrogens with zero attached hydrogens (tertiary/aromatic N) is 1. The van der Waals surface area contributed by atoms with Crippen LogP contribution in [-0.2, 0) is 16.1 Å². The van der Waals surface area contributed by atoms with Crippen molar-refractivity contribution < 1.29 is 14.3 Å². The summed E-state index contributed by atoms with van der Waals surface area (Å²) in [7, 11) is 1.59. The minimum atomic E-state index is -0.223. The van der Waals surface area contributed by atoms with Gasteiger partial charge in [-0.3, -0.25) is 9.59 Å². The summed E-state index contributed by atoms with van der Waals surface area (Å²) in [5, 5.41) is 2.84. The number of hydrogen-bond acceptors (Lipinski definition) is 3. The maximum absolute atomic E-state index is 12.3. The zero-order chi connectivity index (χ0) is 17.5. The third-order valence-corrected chi connectivity index (χ3v) is 3.76. The molecule has 2 rings (SSSR count). The van der Waals surface area contributed by atoms with E-state index >= 15 is 0 Å². The topological polar surface area (TPSA) is 58.6 Å². The largest absolute Gasteiger partial charge is 0.496 e. The Morgan fingerprint density at radius 1 is 1.08 bits per heavy atom. The fraction of sp³-hybridized carbons (Fsp3) is 0.263. The van der Waals surface area contributed by atoms with Crippen LogP contribution in [0.3, 0.4) is 0 Å². The van der Waals surface area contributed by atoms with E-state index in [1.54, 1.807) is 7.11 Å². The number of nitrogens with one attached hydrogen (secondary N) is 1. The highest BCUT2D eigenvalue weighted by molar-refractivity contribution is 5.98. The molecule has 0 aliphatic carbocycles. The number of rotatable bonds is 6. The smallest absolute Gasteiger partial charge is 0.240 e. The van der Waals surface area contributed by atoms with Crippen LogP contribution >= 0.6 is 0 Å². The average Bonchev–Trinajstić information content (AvgIpc) is 2.58. The minimum absolute atomic E-state index is 0.0185. The van der Waals surface area contributed by atoms with Gasteiger partial charge in [0, 0.05) is 24.7 Å². The molecule has 2 aromatic carbocycles. The predicted molar refractivity (Wildman–Crippen MR) is 94.0 cm³/mol. The van der Waals surface area contributed by atoms with Gasteiger partial charge in [-0.25, -0.2) is 0 Å². The number of amides is 2. The van der Waals surface area contributed by atoms with Gasteiger partial charge in [-0.1, -0.05) is 36.4 Å². The molecule has 0 fully saturated rings. The van der Waals surface area contributed by atoms with E-state index in [4.69, 9.17) is 4.74 Å². The van der Waals surface area contributed by atoms with E-state index in [2.05, 4.69) is 5.32 Å². The van der Waals surface area contributed by atoms with Crippen molar-refractivity contribution >= 4 is 17.5 Å². The molecule has 0 aliphatic heterocycles. The Bertz CT molecular complexity index is 728. The monoisotopic (exact) mass is 326 g/mol. The number of para-hydroxylation sites is 2. The highest BCUT2D eigenvalue weighted by Crippen LogP contribution is 2.20. The molecule has 5 heteroatoms. The molecule has 0 unspecified atom stereocenters. The van der Waals surface area contributed by atoms with Crippen LogP contribution in [0.1, 0.15) is 18.1 Å². The summed E-state index contributed by atoms with van der Waals surface area (Å²) in [6, 6.07) is 15.0. The van der Waals surface area contributed by atoms with Crippen molar-refractivity contribution in [2.24, 2.45) is 0 Å². The van der Waals surface area contributed by atoms with Crippen molar-refractivity contribution in [2.75, 3.05) is 18.6 Å². The van der Waals surface area contributed by atoms with Gasteiger partial charge in [-0.2, -0.15) is 0 Å². The van der Waals surface area contributed by atoms with E-state index < -0.39 is 0 Å². The zero-order valence-corrected chi connectivity index (χ0v) is 14.2. The quantitative estimate of drug-likeness (QED) is 0.888. The second-order valence-electron chi connectivity index (χ2n) is 5.48. The Labute approximate surface area is 142 Å². The molecule has 126 valence electrons. The van der Waals surface area contributed by atoms with Gasteiger partial charge >= 0.3 is 0 Å². The Hall–Kier alpha value is -2.82. The first kappa shape index (κ1) is 17.5. The average molecular weight is 326 g/mol. The van der Waals surface area contributed by atoms with Gasteiger partial charge in [-0.15, -0.1) is 0 Å². The molecule has 1 N–H and O–H groups in total. The minimum Gasteiger partial charge on any atom is -0.496 e. The molecule has 0 aromatic heterocycles. The second-order valence-corrected chi connectivity index (χ2v) is 5.48. The maximum Gasteiger partial charge on any atom is 0.240 e. The van der Waals surface area contributed by atoms with E-state index in [0.29, 0.717) is 6.54 Å². The van der Waals surface area contributed by atoms with Crippen molar-refractivity contribution in [2.45, 2.75) is 20.4 Å². The standard InChI is InChI=1S/C19H22N2O3/c1-14-8-4-6-10-17(14)21(15(2)22)13-19(23)20-12-16-9-5-7-11-18(16)24-3/h4-11H,12-13H2,1-3H3,(H,20,23). The molecule has 0 saturated heterocycles. The van der Waals surface area contributed by atoms with Crippen LogP contribution in [0.25, 0.3) is 0 Å². The molecule has 0 heterocycles. The first-order valence-corrected chi connectivity index (χ1v) is 7.75. The van der Waals surface area contributed by atoms with Crippen LogP contribution in [-0.4, -0.2) is 25.5 Å². The van der Waals surface area contributed by atoms with Crippen LogP contribution in [0.2, 0.25) is 0 Å². The first-order valence-electron chi connectivity index (χ1n) is 7.75. The van der Waals surface area contributed by atoms with E-state index in [1.165, 1.54) is 11.8 Å². The number of ether oxygens (including phenoxy) is 1. The lowest BCUT2D eigenvalue weighted by atomic mass is 10.1. The number of carbonyl (C=O) groups is 2. The van der Waals surface area contributed by atoms with Crippen molar-refractivity contribution in [3.63, 3.8) is 0 Å². The van der Waals surface area contributed by atoms with Crippen LogP contribution < -0.4 is 15.0 Å². The Balaban J connectivity index is 2.04. The fourth-order valence-electron chi connectivity index (χ4n) is 2.47. The molecule has 0 aliphatic rings. The van der Waals surface area contributed by atoms with Crippen molar-refractivity contribution in [1.29, 1.82) is 0 Å². The normalized spacial score (nSPS) is 10.1. The van der Waals surface area contributed by atoms with Gasteiger partial charge in [-0.05, 0) is 24.6 Å². The second kappa shape index (κ2) is 8.15. The summed E-state index contributed by atoms with van der Waals surface area (Å²) in [6.07, 6.45) is 0. The Kier molecular flexibility index (Phi) is 5.95. The zero-order valence-electron chi connectivity index (χ0n) is 14.2. The lowest BCUT2D eigenvalue weighted by Crippen LogP contribution is -2.40. The maximum atomic E-state index is 12.3. The van der Waals surface area contributed by atoms with E-state index in [9.17, 15) is 9.59 Å². The summed E-state index contributed by atoms with van der Waals surface area (Å²) in [5.41, 5.74) is 2.58. The molecule has 0 atom stereocenters. The molecule has 5 nitrogen and oxygen atoms in total. The van der Waals surface area contributed by atoms with Crippen molar-refractivity contribution in [3.8, 4) is 5.75 Å². The molecule has 24 heavy (non-hydrogen) atoms. The summed E-state index contributed by atoms with van der Waals surface area (Å²) in [4.78, 5) is 25.7. The first-order chi connectivity index (χ1) is 11.5. The van der Waals surface area contributed by atoms with Crippen LogP contribution in [0.5, 0.6) is 5.75 Å². The third-order valence-electron chi connectivity index (χ3n) is 3.76. The SMILES string of the molecule is COc1ccccc1CNC(=O)CN(C(C)=O)c1ccccc1C. The van der Waals surface area contributed by atoms with Crippen molar-refractivity contribution in [3.05, 3.63) is 59.7 Å². The number of benzene rings is 2. The number of hydrogen-bond donors (Lipinski definition) is 1. The Morgan fingerprint density at radius 2 is 1.75 bits per heavy atom. The molecule has 2 amide bonds. The van der Waals surface area contributed by atoms with Crippen LogP contribution in [0.15, 0.2) is 48.5 Å². The van der Waals surface area contributed by atoms with Gasteiger partial charge in [0.15, 0.2) is 0 Å². The van der Waals surface area contributed by atoms with E-state index in [0.717, 1.165) is 22.6 Å². The summed E-state index contributed by atoms with van der Waals surface area (Å²) in [5.74, 6) is 0.330. The van der Waals surface area contributed by atoms with Gasteiger partial charge in [0.1, 0.15) is 12.3 Å². The number of methoxy groups -OCH3 is 1. The lowest BCUT2D eigenvalue weighted by molar-refractivity contribution is -0.123. The van der Waals surface area contributed by atoms with Gasteiger partial charge in [0.25, 0.3) is 0 Å². The fourth-order valence-corrected chi connectivity index (χ4v) is 2.47. The molecule has 0 saturated carbocycles. The van der Waals surface area contributed by atoms with Gasteiger partial charge < -0.3 is 15.0 Å². The number of aryl methyl sites for hydroxylation is 1. The number of anilines is 1. The molecule has 0 spiro atoms. The van der Waals surface area contributed by atoms with Crippen LogP contribution in [0, 0.1) is 6.92 Å². The van der Waals surface area contributed by atoms with Crippen LogP contribution in [0.4, 0.5) is 5.69 Å². The Morgan fingerprint density at radius 3 is 2.42 bits per heavy atom.